The molecule has 0 aromatic heterocycles. The van der Waals surface area contributed by atoms with Gasteiger partial charge in [-0.15, -0.1) is 0 Å². The highest BCUT2D eigenvalue weighted by molar-refractivity contribution is 5.85. The third-order valence-electron chi connectivity index (χ3n) is 15.9. The van der Waals surface area contributed by atoms with Gasteiger partial charge in [-0.05, 0) is 157 Å². The van der Waals surface area contributed by atoms with Crippen molar-refractivity contribution in [2.24, 2.45) is 23.7 Å². The fourth-order valence-corrected chi connectivity index (χ4v) is 13.5. The lowest BCUT2D eigenvalue weighted by atomic mass is 9.61. The molecule has 4 aromatic rings. The Morgan fingerprint density at radius 2 is 1.38 bits per heavy atom. The Hall–Kier alpha value is -6.12. The third kappa shape index (κ3) is 6.43. The monoisotopic (exact) mass is 818 g/mol. The Balaban J connectivity index is 0.994. The van der Waals surface area contributed by atoms with Crippen LogP contribution in [0.3, 0.4) is 0 Å². The number of benzene rings is 4. The van der Waals surface area contributed by atoms with Crippen molar-refractivity contribution in [1.82, 2.24) is 0 Å². The van der Waals surface area contributed by atoms with Crippen molar-refractivity contribution in [3.05, 3.63) is 239 Å². The van der Waals surface area contributed by atoms with Crippen LogP contribution in [0.15, 0.2) is 223 Å². The zero-order valence-corrected chi connectivity index (χ0v) is 36.4. The van der Waals surface area contributed by atoms with E-state index >= 15 is 0 Å². The Morgan fingerprint density at radius 3 is 2.19 bits per heavy atom. The standard InChI is InChI=1S/C61H58N2/c1-5-19-43(20-6-1)45-35-37-49(38-36-45)63(48-26-11-4-12-27-48)59-34-18-33-57-60(59)54-30-14-16-32-56(54)61(57)55-31-15-13-29-52(55)53-40-39-51(42-58(53)61)62(47-24-9-3-10-25-47)50-28-17-23-46(41-50)44-21-7-2-8-22-44/h1-5,7-9,11-15,17,19,21-22,24,26-31,34-37,39-42,46,49,54,56-57,60H,6,10,16,18,20,23,25,32-33,38H2. The summed E-state index contributed by atoms with van der Waals surface area (Å²) in [6, 6.07) is 40.0. The predicted octanol–water partition coefficient (Wildman–Crippen LogP) is 15.2. The van der Waals surface area contributed by atoms with Gasteiger partial charge >= 0.3 is 0 Å². The molecule has 63 heavy (non-hydrogen) atoms. The van der Waals surface area contributed by atoms with E-state index in [1.807, 2.05) is 0 Å². The molecular formula is C61H58N2. The van der Waals surface area contributed by atoms with E-state index in [-0.39, 0.29) is 11.5 Å². The first-order valence-corrected chi connectivity index (χ1v) is 24.1. The normalized spacial score (nSPS) is 28.5. The molecule has 0 N–H and O–H groups in total. The van der Waals surface area contributed by atoms with Crippen LogP contribution in [0, 0.1) is 23.7 Å². The van der Waals surface area contributed by atoms with E-state index in [0.29, 0.717) is 29.6 Å². The highest BCUT2D eigenvalue weighted by Crippen LogP contribution is 2.70. The van der Waals surface area contributed by atoms with Crippen molar-refractivity contribution < 1.29 is 0 Å². The number of anilines is 2. The molecule has 0 radical (unpaired) electrons. The molecule has 0 heterocycles. The molecular weight excluding hydrogens is 761 g/mol. The van der Waals surface area contributed by atoms with Crippen LogP contribution in [0.4, 0.5) is 11.4 Å². The first kappa shape index (κ1) is 38.5. The first-order valence-electron chi connectivity index (χ1n) is 24.1. The van der Waals surface area contributed by atoms with E-state index in [9.17, 15) is 0 Å². The second-order valence-corrected chi connectivity index (χ2v) is 19.1. The summed E-state index contributed by atoms with van der Waals surface area (Å²) in [5, 5.41) is 0. The minimum atomic E-state index is -0.0871. The molecule has 2 heteroatoms. The number of hydrogen-bond donors (Lipinski definition) is 0. The summed E-state index contributed by atoms with van der Waals surface area (Å²) in [6.07, 6.45) is 47.6. The van der Waals surface area contributed by atoms with Crippen molar-refractivity contribution in [3.8, 4) is 11.1 Å². The van der Waals surface area contributed by atoms with Crippen LogP contribution in [0.2, 0.25) is 0 Å². The Bertz CT molecular complexity index is 2730. The highest BCUT2D eigenvalue weighted by atomic mass is 15.2. The van der Waals surface area contributed by atoms with Gasteiger partial charge in [0.1, 0.15) is 0 Å². The summed E-state index contributed by atoms with van der Waals surface area (Å²) in [6.45, 7) is 0. The second kappa shape index (κ2) is 16.2. The molecule has 2 nitrogen and oxygen atoms in total. The molecule has 1 fully saturated rings. The van der Waals surface area contributed by atoms with Crippen molar-refractivity contribution in [2.45, 2.75) is 81.6 Å². The smallest absolute Gasteiger partial charge is 0.0557 e. The number of rotatable bonds is 8. The molecule has 0 bridgehead atoms. The molecule has 0 saturated heterocycles. The van der Waals surface area contributed by atoms with Crippen LogP contribution >= 0.6 is 0 Å². The number of fused-ring (bicyclic) bond motifs is 10. The molecule has 7 unspecified atom stereocenters. The molecule has 12 rings (SSSR count). The van der Waals surface area contributed by atoms with Gasteiger partial charge in [0.05, 0.1) is 6.04 Å². The first-order chi connectivity index (χ1) is 31.3. The molecule has 8 aliphatic rings. The lowest BCUT2D eigenvalue weighted by Gasteiger charge is -2.45. The molecule has 7 atom stereocenters. The van der Waals surface area contributed by atoms with Gasteiger partial charge < -0.3 is 9.80 Å². The van der Waals surface area contributed by atoms with Gasteiger partial charge in [-0.2, -0.15) is 0 Å². The van der Waals surface area contributed by atoms with Crippen LogP contribution in [-0.4, -0.2) is 6.04 Å². The van der Waals surface area contributed by atoms with E-state index in [1.54, 1.807) is 16.8 Å². The lowest BCUT2D eigenvalue weighted by Crippen LogP contribution is -2.43. The SMILES string of the molecule is C1=CCCC(C2=CCC(N(C3=CCCC4C3C3C=CCCC3C43c4ccccc4-c4ccc(N(C5=CC(c6ccccc6)CC=C5)C5=CC=CCC5)cc43)c3ccccc3)C=C2)=C1. The van der Waals surface area contributed by atoms with Gasteiger partial charge in [-0.3, -0.25) is 0 Å². The third-order valence-corrected chi connectivity index (χ3v) is 15.9. The van der Waals surface area contributed by atoms with E-state index in [1.165, 1.54) is 63.4 Å². The van der Waals surface area contributed by atoms with E-state index in [0.717, 1.165) is 51.4 Å². The quantitative estimate of drug-likeness (QED) is 0.163. The van der Waals surface area contributed by atoms with E-state index in [2.05, 4.69) is 204 Å². The van der Waals surface area contributed by atoms with E-state index in [4.69, 9.17) is 0 Å². The molecule has 1 saturated carbocycles. The molecule has 1 spiro atoms. The fourth-order valence-electron chi connectivity index (χ4n) is 13.5. The minimum absolute atomic E-state index is 0.0871. The predicted molar refractivity (Wildman–Crippen MR) is 263 cm³/mol. The summed E-state index contributed by atoms with van der Waals surface area (Å²) < 4.78 is 0. The Labute approximate surface area is 375 Å². The fraction of sp³-hybridized carbons (Fsp3) is 0.279. The summed E-state index contributed by atoms with van der Waals surface area (Å²) in [4.78, 5) is 5.40. The minimum Gasteiger partial charge on any atom is -0.338 e. The van der Waals surface area contributed by atoms with Crippen LogP contribution < -0.4 is 9.80 Å². The molecule has 8 aliphatic carbocycles. The van der Waals surface area contributed by atoms with Crippen LogP contribution in [0.25, 0.3) is 11.1 Å². The molecule has 0 aliphatic heterocycles. The lowest BCUT2D eigenvalue weighted by molar-refractivity contribution is 0.254. The number of nitrogens with zero attached hydrogens (tertiary/aromatic N) is 2. The highest BCUT2D eigenvalue weighted by Gasteiger charge is 2.65. The maximum Gasteiger partial charge on any atom is 0.0557 e. The average molecular weight is 819 g/mol. The molecule has 0 amide bonds. The van der Waals surface area contributed by atoms with Crippen LogP contribution in [-0.2, 0) is 5.41 Å². The zero-order chi connectivity index (χ0) is 41.7. The van der Waals surface area contributed by atoms with Gasteiger partial charge in [0, 0.05) is 45.7 Å². The van der Waals surface area contributed by atoms with Crippen molar-refractivity contribution in [2.75, 3.05) is 9.80 Å². The van der Waals surface area contributed by atoms with Crippen molar-refractivity contribution >= 4 is 11.4 Å². The maximum atomic E-state index is 2.78. The molecule has 4 aromatic carbocycles. The topological polar surface area (TPSA) is 6.48 Å². The number of hydrogen-bond acceptors (Lipinski definition) is 2. The van der Waals surface area contributed by atoms with Gasteiger partial charge in [-0.25, -0.2) is 0 Å². The Morgan fingerprint density at radius 1 is 0.587 bits per heavy atom. The summed E-state index contributed by atoms with van der Waals surface area (Å²) in [5.74, 6) is 2.20. The van der Waals surface area contributed by atoms with Crippen LogP contribution in [0.5, 0.6) is 0 Å². The zero-order valence-electron chi connectivity index (χ0n) is 36.4. The number of para-hydroxylation sites is 1. The Kier molecular flexibility index (Phi) is 9.92. The molecule has 312 valence electrons. The van der Waals surface area contributed by atoms with Crippen molar-refractivity contribution in [3.63, 3.8) is 0 Å². The van der Waals surface area contributed by atoms with Crippen molar-refractivity contribution in [1.29, 1.82) is 0 Å². The van der Waals surface area contributed by atoms with Gasteiger partial charge in [-0.1, -0.05) is 158 Å². The average Bonchev–Trinajstić information content (AvgIpc) is 3.83. The van der Waals surface area contributed by atoms with E-state index < -0.39 is 0 Å². The van der Waals surface area contributed by atoms with Gasteiger partial charge in [0.15, 0.2) is 0 Å². The summed E-state index contributed by atoms with van der Waals surface area (Å²) in [7, 11) is 0. The van der Waals surface area contributed by atoms with Gasteiger partial charge in [0.25, 0.3) is 0 Å². The maximum absolute atomic E-state index is 2.78. The van der Waals surface area contributed by atoms with Gasteiger partial charge in [0.2, 0.25) is 0 Å². The largest absolute Gasteiger partial charge is 0.338 e. The summed E-state index contributed by atoms with van der Waals surface area (Å²) >= 11 is 0. The number of allylic oxidation sites excluding steroid dienone is 17. The van der Waals surface area contributed by atoms with Crippen LogP contribution in [0.1, 0.15) is 86.8 Å². The summed E-state index contributed by atoms with van der Waals surface area (Å²) in [5.41, 5.74) is 17.1. The second-order valence-electron chi connectivity index (χ2n) is 19.1.